The predicted molar refractivity (Wildman–Crippen MR) is 81.7 cm³/mol. The lowest BCUT2D eigenvalue weighted by Gasteiger charge is -2.14. The molecule has 0 bridgehead atoms. The monoisotopic (exact) mass is 289 g/mol. The van der Waals surface area contributed by atoms with E-state index in [0.29, 0.717) is 5.75 Å². The summed E-state index contributed by atoms with van der Waals surface area (Å²) in [6.07, 6.45) is 4.28. The largest absolute Gasteiger partial charge is 0.347 e. The highest BCUT2D eigenvalue weighted by Gasteiger charge is 2.14. The van der Waals surface area contributed by atoms with Crippen molar-refractivity contribution in [3.63, 3.8) is 0 Å². The van der Waals surface area contributed by atoms with Crippen molar-refractivity contribution in [3.8, 4) is 0 Å². The number of nitrogens with one attached hydrogen (secondary N) is 2. The molecule has 0 saturated heterocycles. The van der Waals surface area contributed by atoms with Crippen molar-refractivity contribution in [2.75, 3.05) is 5.75 Å². The maximum atomic E-state index is 12.0. The molecule has 4 nitrogen and oxygen atoms in total. The lowest BCUT2D eigenvalue weighted by molar-refractivity contribution is -0.119. The Morgan fingerprint density at radius 1 is 1.40 bits per heavy atom. The maximum Gasteiger partial charge on any atom is 0.230 e. The number of thioether (sulfide) groups is 1. The smallest absolute Gasteiger partial charge is 0.230 e. The summed E-state index contributed by atoms with van der Waals surface area (Å²) in [7, 11) is 0. The number of aryl methyl sites for hydroxylation is 1. The third-order valence-corrected chi connectivity index (χ3v) is 4.00. The second kappa shape index (κ2) is 7.14. The Hall–Kier alpha value is -1.75. The van der Waals surface area contributed by atoms with Crippen molar-refractivity contribution < 1.29 is 4.79 Å². The van der Waals surface area contributed by atoms with E-state index >= 15 is 0 Å². The third kappa shape index (κ3) is 4.13. The van der Waals surface area contributed by atoms with Crippen molar-refractivity contribution in [3.05, 3.63) is 48.0 Å². The Bertz CT molecular complexity index is 537. The minimum absolute atomic E-state index is 0.0267. The number of carbonyl (C=O) groups excluding carboxylic acids is 1. The van der Waals surface area contributed by atoms with Gasteiger partial charge in [-0.15, -0.1) is 11.8 Å². The van der Waals surface area contributed by atoms with Crippen LogP contribution in [0, 0.1) is 6.92 Å². The number of carbonyl (C=O) groups is 1. The number of benzene rings is 1. The molecule has 1 amide bonds. The summed E-state index contributed by atoms with van der Waals surface area (Å²) in [6.45, 7) is 4.08. The van der Waals surface area contributed by atoms with Gasteiger partial charge in [0.15, 0.2) is 0 Å². The van der Waals surface area contributed by atoms with Crippen LogP contribution in [-0.4, -0.2) is 21.6 Å². The molecule has 0 aliphatic carbocycles. The highest BCUT2D eigenvalue weighted by molar-refractivity contribution is 8.00. The highest BCUT2D eigenvalue weighted by atomic mass is 32.2. The van der Waals surface area contributed by atoms with Crippen molar-refractivity contribution >= 4 is 17.7 Å². The van der Waals surface area contributed by atoms with E-state index in [1.165, 1.54) is 5.56 Å². The number of nitrogens with zero attached hydrogens (tertiary/aromatic N) is 1. The summed E-state index contributed by atoms with van der Waals surface area (Å²) in [4.78, 5) is 20.3. The van der Waals surface area contributed by atoms with E-state index in [-0.39, 0.29) is 11.9 Å². The van der Waals surface area contributed by atoms with Crippen LogP contribution in [0.5, 0.6) is 0 Å². The topological polar surface area (TPSA) is 57.8 Å². The van der Waals surface area contributed by atoms with Crippen LogP contribution in [-0.2, 0) is 4.79 Å². The van der Waals surface area contributed by atoms with E-state index in [9.17, 15) is 4.79 Å². The van der Waals surface area contributed by atoms with Gasteiger partial charge in [0.25, 0.3) is 0 Å². The fourth-order valence-electron chi connectivity index (χ4n) is 1.85. The molecule has 2 aromatic rings. The van der Waals surface area contributed by atoms with Gasteiger partial charge in [-0.3, -0.25) is 4.79 Å². The van der Waals surface area contributed by atoms with Crippen molar-refractivity contribution in [2.45, 2.75) is 31.2 Å². The van der Waals surface area contributed by atoms with Gasteiger partial charge in [0.05, 0.1) is 11.8 Å². The average Bonchev–Trinajstić information content (AvgIpc) is 2.98. The number of rotatable bonds is 6. The Labute approximate surface area is 123 Å². The number of hydrogen-bond donors (Lipinski definition) is 2. The first-order chi connectivity index (χ1) is 9.69. The lowest BCUT2D eigenvalue weighted by atomic mass is 10.2. The lowest BCUT2D eigenvalue weighted by Crippen LogP contribution is -2.30. The fraction of sp³-hybridized carbons (Fsp3) is 0.333. The molecule has 20 heavy (non-hydrogen) atoms. The van der Waals surface area contributed by atoms with Gasteiger partial charge < -0.3 is 10.3 Å². The van der Waals surface area contributed by atoms with Crippen molar-refractivity contribution in [1.29, 1.82) is 0 Å². The standard InChI is InChI=1S/C15H19N3OS/c1-3-13(15-16-8-9-17-15)18-14(19)10-20-12-6-4-11(2)5-7-12/h4-9,13H,3,10H2,1-2H3,(H,16,17)(H,18,19). The number of amides is 1. The molecule has 2 N–H and O–H groups in total. The van der Waals surface area contributed by atoms with Crippen molar-refractivity contribution in [1.82, 2.24) is 15.3 Å². The average molecular weight is 289 g/mol. The SMILES string of the molecule is CCC(NC(=O)CSc1ccc(C)cc1)c1ncc[nH]1. The Morgan fingerprint density at radius 3 is 2.75 bits per heavy atom. The number of H-pyrrole nitrogens is 1. The Morgan fingerprint density at radius 2 is 2.15 bits per heavy atom. The minimum atomic E-state index is -0.0453. The van der Waals surface area contributed by atoms with Crippen LogP contribution in [0.15, 0.2) is 41.6 Å². The van der Waals surface area contributed by atoms with Crippen LogP contribution in [0.25, 0.3) is 0 Å². The zero-order chi connectivity index (χ0) is 14.4. The summed E-state index contributed by atoms with van der Waals surface area (Å²) in [5.74, 6) is 1.25. The molecule has 1 aromatic heterocycles. The van der Waals surface area contributed by atoms with Crippen LogP contribution < -0.4 is 5.32 Å². The molecule has 0 saturated carbocycles. The molecule has 106 valence electrons. The number of imidazole rings is 1. The molecule has 0 radical (unpaired) electrons. The normalized spacial score (nSPS) is 12.1. The van der Waals surface area contributed by atoms with Gasteiger partial charge in [-0.1, -0.05) is 24.6 Å². The van der Waals surface area contributed by atoms with Gasteiger partial charge in [0.1, 0.15) is 5.82 Å². The van der Waals surface area contributed by atoms with Crippen LogP contribution in [0.4, 0.5) is 0 Å². The van der Waals surface area contributed by atoms with Gasteiger partial charge in [0.2, 0.25) is 5.91 Å². The van der Waals surface area contributed by atoms with Crippen molar-refractivity contribution in [2.24, 2.45) is 0 Å². The summed E-state index contributed by atoms with van der Waals surface area (Å²) in [5, 5.41) is 3.00. The molecule has 5 heteroatoms. The van der Waals surface area contributed by atoms with Gasteiger partial charge in [-0.05, 0) is 25.5 Å². The number of hydrogen-bond acceptors (Lipinski definition) is 3. The highest BCUT2D eigenvalue weighted by Crippen LogP contribution is 2.18. The van der Waals surface area contributed by atoms with Gasteiger partial charge in [-0.2, -0.15) is 0 Å². The quantitative estimate of drug-likeness (QED) is 0.803. The molecule has 2 rings (SSSR count). The first-order valence-corrected chi connectivity index (χ1v) is 7.65. The Kier molecular flexibility index (Phi) is 5.24. The summed E-state index contributed by atoms with van der Waals surface area (Å²) >= 11 is 1.54. The molecule has 0 fully saturated rings. The Balaban J connectivity index is 1.84. The van der Waals surface area contributed by atoms with Gasteiger partial charge >= 0.3 is 0 Å². The summed E-state index contributed by atoms with van der Waals surface area (Å²) in [5.41, 5.74) is 1.22. The van der Waals surface area contributed by atoms with Gasteiger partial charge in [0, 0.05) is 17.3 Å². The van der Waals surface area contributed by atoms with E-state index in [1.807, 2.05) is 19.1 Å². The van der Waals surface area contributed by atoms with Crippen LogP contribution in [0.3, 0.4) is 0 Å². The molecule has 1 unspecified atom stereocenters. The van der Waals surface area contributed by atoms with Gasteiger partial charge in [-0.25, -0.2) is 4.98 Å². The first kappa shape index (κ1) is 14.7. The summed E-state index contributed by atoms with van der Waals surface area (Å²) in [6, 6.07) is 8.14. The summed E-state index contributed by atoms with van der Waals surface area (Å²) < 4.78 is 0. The molecule has 0 aliphatic heterocycles. The molecule has 0 spiro atoms. The third-order valence-electron chi connectivity index (χ3n) is 2.98. The van der Waals surface area contributed by atoms with E-state index in [0.717, 1.165) is 17.1 Å². The molecular formula is C15H19N3OS. The molecule has 1 aromatic carbocycles. The fourth-order valence-corrected chi connectivity index (χ4v) is 2.56. The second-order valence-corrected chi connectivity index (χ2v) is 5.65. The second-order valence-electron chi connectivity index (χ2n) is 4.60. The molecule has 0 aliphatic rings. The minimum Gasteiger partial charge on any atom is -0.347 e. The van der Waals surface area contributed by atoms with Crippen LogP contribution >= 0.6 is 11.8 Å². The number of aromatic amines is 1. The zero-order valence-electron chi connectivity index (χ0n) is 11.7. The first-order valence-electron chi connectivity index (χ1n) is 6.67. The van der Waals surface area contributed by atoms with E-state index in [1.54, 1.807) is 24.2 Å². The van der Waals surface area contributed by atoms with Crippen LogP contribution in [0.1, 0.15) is 30.8 Å². The number of aromatic nitrogens is 2. The molecular weight excluding hydrogens is 270 g/mol. The van der Waals surface area contributed by atoms with E-state index in [4.69, 9.17) is 0 Å². The zero-order valence-corrected chi connectivity index (χ0v) is 12.5. The maximum absolute atomic E-state index is 12.0. The van der Waals surface area contributed by atoms with E-state index in [2.05, 4.69) is 34.3 Å². The predicted octanol–water partition coefficient (Wildman–Crippen LogP) is 3.08. The molecule has 1 atom stereocenters. The molecule has 1 heterocycles. The van der Waals surface area contributed by atoms with E-state index < -0.39 is 0 Å². The van der Waals surface area contributed by atoms with Crippen LogP contribution in [0.2, 0.25) is 0 Å².